The lowest BCUT2D eigenvalue weighted by Gasteiger charge is -2.14. The second-order valence-corrected chi connectivity index (χ2v) is 5.55. The lowest BCUT2D eigenvalue weighted by Crippen LogP contribution is -2.36. The summed E-state index contributed by atoms with van der Waals surface area (Å²) in [7, 11) is 0. The summed E-state index contributed by atoms with van der Waals surface area (Å²) in [5.74, 6) is -0.338. The van der Waals surface area contributed by atoms with E-state index in [4.69, 9.17) is 5.11 Å². The number of hydrogen-bond donors (Lipinski definition) is 3. The zero-order valence-corrected chi connectivity index (χ0v) is 11.8. The first kappa shape index (κ1) is 14.4. The molecule has 1 aliphatic carbocycles. The lowest BCUT2D eigenvalue weighted by atomic mass is 10.1. The maximum Gasteiger partial charge on any atom is 0.336 e. The van der Waals surface area contributed by atoms with Crippen molar-refractivity contribution in [1.29, 1.82) is 0 Å². The van der Waals surface area contributed by atoms with Crippen LogP contribution in [0.2, 0.25) is 0 Å². The summed E-state index contributed by atoms with van der Waals surface area (Å²) in [5.41, 5.74) is 1.38. The summed E-state index contributed by atoms with van der Waals surface area (Å²) in [4.78, 5) is 22.9. The smallest absolute Gasteiger partial charge is 0.336 e. The molecule has 0 radical (unpaired) electrons. The monoisotopic (exact) mass is 276 g/mol. The molecule has 1 aromatic rings. The molecule has 108 valence electrons. The Balaban J connectivity index is 1.97. The van der Waals surface area contributed by atoms with Gasteiger partial charge in [-0.1, -0.05) is 13.0 Å². The lowest BCUT2D eigenvalue weighted by molar-refractivity contribution is 0.0696. The van der Waals surface area contributed by atoms with Crippen molar-refractivity contribution in [3.8, 4) is 0 Å². The van der Waals surface area contributed by atoms with Crippen LogP contribution in [0.15, 0.2) is 18.2 Å². The molecule has 0 aromatic heterocycles. The Labute approximate surface area is 118 Å². The van der Waals surface area contributed by atoms with E-state index in [9.17, 15) is 9.59 Å². The van der Waals surface area contributed by atoms with Gasteiger partial charge in [0.1, 0.15) is 0 Å². The summed E-state index contributed by atoms with van der Waals surface area (Å²) in [6, 6.07) is 4.82. The second kappa shape index (κ2) is 5.94. The van der Waals surface area contributed by atoms with E-state index in [1.807, 2.05) is 0 Å². The van der Waals surface area contributed by atoms with Gasteiger partial charge in [0.2, 0.25) is 0 Å². The van der Waals surface area contributed by atoms with E-state index >= 15 is 0 Å². The fraction of sp³-hybridized carbons (Fsp3) is 0.467. The predicted molar refractivity (Wildman–Crippen MR) is 77.1 cm³/mol. The molecule has 0 bridgehead atoms. The van der Waals surface area contributed by atoms with E-state index in [0.29, 0.717) is 17.2 Å². The first-order chi connectivity index (χ1) is 9.45. The minimum absolute atomic E-state index is 0.206. The number of hydrogen-bond acceptors (Lipinski definition) is 2. The van der Waals surface area contributed by atoms with Gasteiger partial charge in [-0.15, -0.1) is 0 Å². The number of benzene rings is 1. The summed E-state index contributed by atoms with van der Waals surface area (Å²) < 4.78 is 0. The van der Waals surface area contributed by atoms with Crippen LogP contribution in [0.5, 0.6) is 0 Å². The van der Waals surface area contributed by atoms with Gasteiger partial charge in [-0.3, -0.25) is 0 Å². The molecule has 2 unspecified atom stereocenters. The fourth-order valence-corrected chi connectivity index (χ4v) is 2.62. The van der Waals surface area contributed by atoms with Crippen molar-refractivity contribution in [1.82, 2.24) is 5.32 Å². The molecule has 5 nitrogen and oxygen atoms in total. The molecule has 1 aliphatic rings. The third-order valence-corrected chi connectivity index (χ3v) is 3.76. The van der Waals surface area contributed by atoms with E-state index in [1.165, 1.54) is 6.07 Å². The summed E-state index contributed by atoms with van der Waals surface area (Å²) in [5, 5.41) is 14.7. The largest absolute Gasteiger partial charge is 0.478 e. The number of carbonyl (C=O) groups is 2. The Morgan fingerprint density at radius 1 is 1.30 bits per heavy atom. The molecular formula is C15H20N2O3. The van der Waals surface area contributed by atoms with Crippen LogP contribution < -0.4 is 10.6 Å². The van der Waals surface area contributed by atoms with Gasteiger partial charge in [-0.2, -0.15) is 0 Å². The van der Waals surface area contributed by atoms with E-state index in [0.717, 1.165) is 19.3 Å². The first-order valence-electron chi connectivity index (χ1n) is 6.87. The molecule has 5 heteroatoms. The van der Waals surface area contributed by atoms with E-state index < -0.39 is 5.97 Å². The summed E-state index contributed by atoms with van der Waals surface area (Å²) in [6.45, 7) is 3.91. The number of aryl methyl sites for hydroxylation is 1. The minimum atomic E-state index is -0.990. The highest BCUT2D eigenvalue weighted by molar-refractivity contribution is 5.94. The molecule has 1 saturated carbocycles. The second-order valence-electron chi connectivity index (χ2n) is 5.55. The normalized spacial score (nSPS) is 21.5. The molecule has 2 amide bonds. The third kappa shape index (κ3) is 3.50. The molecule has 0 saturated heterocycles. The number of carboxylic acids is 1. The number of carbonyl (C=O) groups excluding carboxylic acids is 1. The minimum Gasteiger partial charge on any atom is -0.478 e. The number of urea groups is 1. The van der Waals surface area contributed by atoms with Crippen molar-refractivity contribution in [2.24, 2.45) is 5.92 Å². The highest BCUT2D eigenvalue weighted by Gasteiger charge is 2.22. The van der Waals surface area contributed by atoms with Crippen LogP contribution in [0.4, 0.5) is 10.5 Å². The van der Waals surface area contributed by atoms with E-state index in [-0.39, 0.29) is 17.6 Å². The van der Waals surface area contributed by atoms with Crippen LogP contribution >= 0.6 is 0 Å². The Hall–Kier alpha value is -2.04. The number of rotatable bonds is 3. The fourth-order valence-electron chi connectivity index (χ4n) is 2.62. The molecule has 1 fully saturated rings. The van der Waals surface area contributed by atoms with Crippen molar-refractivity contribution >= 4 is 17.7 Å². The van der Waals surface area contributed by atoms with Crippen molar-refractivity contribution in [3.63, 3.8) is 0 Å². The topological polar surface area (TPSA) is 78.4 Å². The number of anilines is 1. The average Bonchev–Trinajstić information content (AvgIpc) is 2.76. The van der Waals surface area contributed by atoms with Gasteiger partial charge in [0.25, 0.3) is 0 Å². The molecule has 0 heterocycles. The average molecular weight is 276 g/mol. The molecule has 2 rings (SSSR count). The highest BCUT2D eigenvalue weighted by Crippen LogP contribution is 2.24. The predicted octanol–water partition coefficient (Wildman–Crippen LogP) is 3.00. The molecular weight excluding hydrogens is 256 g/mol. The number of amides is 2. The van der Waals surface area contributed by atoms with Crippen LogP contribution in [0.1, 0.15) is 42.1 Å². The van der Waals surface area contributed by atoms with Gasteiger partial charge in [0.15, 0.2) is 0 Å². The van der Waals surface area contributed by atoms with Crippen LogP contribution in [-0.2, 0) is 0 Å². The molecule has 3 N–H and O–H groups in total. The number of carboxylic acid groups (broad SMARTS) is 1. The Kier molecular flexibility index (Phi) is 4.27. The van der Waals surface area contributed by atoms with Gasteiger partial charge in [-0.25, -0.2) is 9.59 Å². The van der Waals surface area contributed by atoms with Crippen LogP contribution in [0, 0.1) is 12.8 Å². The standard InChI is InChI=1S/C15H20N2O3/c1-9-3-5-11(7-9)16-15(20)17-12-6-4-10(2)13(8-12)14(18)19/h4,6,8-9,11H,3,5,7H2,1-2H3,(H,18,19)(H2,16,17,20). The maximum atomic E-state index is 11.9. The molecule has 0 spiro atoms. The molecule has 0 aliphatic heterocycles. The van der Waals surface area contributed by atoms with Gasteiger partial charge >= 0.3 is 12.0 Å². The van der Waals surface area contributed by atoms with E-state index in [2.05, 4.69) is 17.6 Å². The quantitative estimate of drug-likeness (QED) is 0.794. The molecule has 20 heavy (non-hydrogen) atoms. The third-order valence-electron chi connectivity index (χ3n) is 3.76. The van der Waals surface area contributed by atoms with Crippen molar-refractivity contribution in [3.05, 3.63) is 29.3 Å². The zero-order valence-electron chi connectivity index (χ0n) is 11.8. The molecule has 2 atom stereocenters. The Bertz CT molecular complexity index is 528. The Morgan fingerprint density at radius 2 is 2.05 bits per heavy atom. The van der Waals surface area contributed by atoms with Crippen LogP contribution in [0.25, 0.3) is 0 Å². The maximum absolute atomic E-state index is 11.9. The highest BCUT2D eigenvalue weighted by atomic mass is 16.4. The summed E-state index contributed by atoms with van der Waals surface area (Å²) >= 11 is 0. The number of aromatic carboxylic acids is 1. The Morgan fingerprint density at radius 3 is 2.65 bits per heavy atom. The van der Waals surface area contributed by atoms with Crippen molar-refractivity contribution in [2.45, 2.75) is 39.2 Å². The SMILES string of the molecule is Cc1ccc(NC(=O)NC2CCC(C)C2)cc1C(=O)O. The van der Waals surface area contributed by atoms with E-state index in [1.54, 1.807) is 19.1 Å². The van der Waals surface area contributed by atoms with Gasteiger partial charge in [0, 0.05) is 11.7 Å². The van der Waals surface area contributed by atoms with Gasteiger partial charge in [0.05, 0.1) is 5.56 Å². The van der Waals surface area contributed by atoms with Crippen molar-refractivity contribution in [2.75, 3.05) is 5.32 Å². The van der Waals surface area contributed by atoms with Gasteiger partial charge in [-0.05, 0) is 49.8 Å². The van der Waals surface area contributed by atoms with Crippen LogP contribution in [0.3, 0.4) is 0 Å². The molecule has 1 aromatic carbocycles. The first-order valence-corrected chi connectivity index (χ1v) is 6.87. The zero-order chi connectivity index (χ0) is 14.7. The van der Waals surface area contributed by atoms with Gasteiger partial charge < -0.3 is 15.7 Å². The summed E-state index contributed by atoms with van der Waals surface area (Å²) in [6.07, 6.45) is 3.14. The number of nitrogens with one attached hydrogen (secondary N) is 2. The van der Waals surface area contributed by atoms with Crippen molar-refractivity contribution < 1.29 is 14.7 Å². The van der Waals surface area contributed by atoms with Crippen LogP contribution in [-0.4, -0.2) is 23.1 Å².